The Morgan fingerprint density at radius 2 is 2.22 bits per heavy atom. The summed E-state index contributed by atoms with van der Waals surface area (Å²) in [6.45, 7) is 2.72. The molecular formula is C14H14N2OS. The van der Waals surface area contributed by atoms with Crippen LogP contribution in [-0.4, -0.2) is 12.5 Å². The molecule has 0 spiro atoms. The number of benzene rings is 1. The number of thiophene rings is 1. The maximum absolute atomic E-state index is 12.5. The first-order valence-electron chi connectivity index (χ1n) is 5.91. The smallest absolute Gasteiger partial charge is 0.268 e. The second-order valence-corrected chi connectivity index (χ2v) is 5.44. The lowest BCUT2D eigenvalue weighted by Gasteiger charge is -2.17. The van der Waals surface area contributed by atoms with Crippen molar-refractivity contribution in [1.29, 1.82) is 0 Å². The highest BCUT2D eigenvalue weighted by Crippen LogP contribution is 2.32. The minimum atomic E-state index is 0.0897. The number of nitrogen functional groups attached to an aromatic ring is 1. The molecule has 1 aliphatic heterocycles. The molecule has 0 radical (unpaired) electrons. The van der Waals surface area contributed by atoms with Crippen LogP contribution in [0.3, 0.4) is 0 Å². The van der Waals surface area contributed by atoms with E-state index in [4.69, 9.17) is 5.73 Å². The van der Waals surface area contributed by atoms with Gasteiger partial charge in [0.1, 0.15) is 0 Å². The molecule has 0 aliphatic carbocycles. The normalized spacial score (nSPS) is 13.7. The van der Waals surface area contributed by atoms with Crippen LogP contribution in [0.5, 0.6) is 0 Å². The van der Waals surface area contributed by atoms with Gasteiger partial charge in [0.25, 0.3) is 5.91 Å². The van der Waals surface area contributed by atoms with Crippen molar-refractivity contribution in [3.8, 4) is 0 Å². The van der Waals surface area contributed by atoms with Gasteiger partial charge in [0.2, 0.25) is 0 Å². The molecule has 92 valence electrons. The summed E-state index contributed by atoms with van der Waals surface area (Å²) in [6.07, 6.45) is 0.909. The predicted molar refractivity (Wildman–Crippen MR) is 75.3 cm³/mol. The summed E-state index contributed by atoms with van der Waals surface area (Å²) in [5.41, 5.74) is 9.72. The molecule has 3 nitrogen and oxygen atoms in total. The van der Waals surface area contributed by atoms with Crippen molar-refractivity contribution in [2.24, 2.45) is 0 Å². The standard InChI is InChI=1S/C14H14N2OS/c1-9-5-7-18-13(9)14(17)16-6-4-10-2-3-11(15)8-12(10)16/h2-3,5,7-8H,4,6,15H2,1H3. The first-order chi connectivity index (χ1) is 8.66. The van der Waals surface area contributed by atoms with Crippen LogP contribution in [0.2, 0.25) is 0 Å². The van der Waals surface area contributed by atoms with Gasteiger partial charge in [-0.05, 0) is 48.1 Å². The molecule has 0 bridgehead atoms. The van der Waals surface area contributed by atoms with E-state index in [2.05, 4.69) is 0 Å². The fraction of sp³-hybridized carbons (Fsp3) is 0.214. The molecule has 1 amide bonds. The number of nitrogens with zero attached hydrogens (tertiary/aromatic N) is 1. The molecular weight excluding hydrogens is 244 g/mol. The molecule has 0 saturated heterocycles. The van der Waals surface area contributed by atoms with Crippen LogP contribution in [0.4, 0.5) is 11.4 Å². The summed E-state index contributed by atoms with van der Waals surface area (Å²) in [7, 11) is 0. The zero-order chi connectivity index (χ0) is 12.7. The maximum Gasteiger partial charge on any atom is 0.268 e. The van der Waals surface area contributed by atoms with Gasteiger partial charge in [0.05, 0.1) is 4.88 Å². The summed E-state index contributed by atoms with van der Waals surface area (Å²) in [4.78, 5) is 15.2. The highest BCUT2D eigenvalue weighted by Gasteiger charge is 2.27. The van der Waals surface area contributed by atoms with Crippen LogP contribution in [0.1, 0.15) is 20.8 Å². The number of carbonyl (C=O) groups is 1. The van der Waals surface area contributed by atoms with Crippen molar-refractivity contribution in [3.63, 3.8) is 0 Å². The Balaban J connectivity index is 2.00. The third-order valence-corrected chi connectivity index (χ3v) is 4.31. The predicted octanol–water partition coefficient (Wildman–Crippen LogP) is 2.84. The summed E-state index contributed by atoms with van der Waals surface area (Å²) in [6, 6.07) is 7.78. The third kappa shape index (κ3) is 1.69. The topological polar surface area (TPSA) is 46.3 Å². The molecule has 18 heavy (non-hydrogen) atoms. The van der Waals surface area contributed by atoms with E-state index in [0.717, 1.165) is 29.1 Å². The van der Waals surface area contributed by atoms with Gasteiger partial charge >= 0.3 is 0 Å². The zero-order valence-corrected chi connectivity index (χ0v) is 11.0. The zero-order valence-electron chi connectivity index (χ0n) is 10.1. The summed E-state index contributed by atoms with van der Waals surface area (Å²) >= 11 is 1.50. The van der Waals surface area contributed by atoms with Gasteiger partial charge in [-0.3, -0.25) is 4.79 Å². The second kappa shape index (κ2) is 4.14. The van der Waals surface area contributed by atoms with E-state index in [9.17, 15) is 4.79 Å². The molecule has 0 atom stereocenters. The third-order valence-electron chi connectivity index (χ3n) is 3.31. The van der Waals surface area contributed by atoms with E-state index in [0.29, 0.717) is 5.69 Å². The molecule has 2 aromatic rings. The largest absolute Gasteiger partial charge is 0.399 e. The van der Waals surface area contributed by atoms with Gasteiger partial charge in [-0.1, -0.05) is 6.07 Å². The van der Waals surface area contributed by atoms with Gasteiger partial charge in [0, 0.05) is 17.9 Å². The molecule has 2 heterocycles. The van der Waals surface area contributed by atoms with Crippen LogP contribution in [0, 0.1) is 6.92 Å². The Morgan fingerprint density at radius 3 is 2.94 bits per heavy atom. The Hall–Kier alpha value is -1.81. The van der Waals surface area contributed by atoms with Crippen LogP contribution in [0.25, 0.3) is 0 Å². The number of carbonyl (C=O) groups excluding carboxylic acids is 1. The molecule has 0 fully saturated rings. The van der Waals surface area contributed by atoms with Crippen molar-refractivity contribution < 1.29 is 4.79 Å². The van der Waals surface area contributed by atoms with Gasteiger partial charge < -0.3 is 10.6 Å². The van der Waals surface area contributed by atoms with Crippen LogP contribution in [-0.2, 0) is 6.42 Å². The second-order valence-electron chi connectivity index (χ2n) is 4.53. The number of amides is 1. The molecule has 2 N–H and O–H groups in total. The minimum absolute atomic E-state index is 0.0897. The Labute approximate surface area is 110 Å². The number of hydrogen-bond donors (Lipinski definition) is 1. The molecule has 1 aliphatic rings. The average Bonchev–Trinajstić information content (AvgIpc) is 2.94. The monoisotopic (exact) mass is 258 g/mol. The number of nitrogens with two attached hydrogens (primary N) is 1. The Kier molecular flexibility index (Phi) is 2.59. The van der Waals surface area contributed by atoms with E-state index in [1.165, 1.54) is 16.9 Å². The van der Waals surface area contributed by atoms with Crippen molar-refractivity contribution >= 4 is 28.6 Å². The fourth-order valence-electron chi connectivity index (χ4n) is 2.32. The van der Waals surface area contributed by atoms with E-state index >= 15 is 0 Å². The Bertz CT molecular complexity index is 618. The molecule has 4 heteroatoms. The quantitative estimate of drug-likeness (QED) is 0.799. The number of fused-ring (bicyclic) bond motifs is 1. The van der Waals surface area contributed by atoms with Crippen molar-refractivity contribution in [2.45, 2.75) is 13.3 Å². The molecule has 0 saturated carbocycles. The fourth-order valence-corrected chi connectivity index (χ4v) is 3.19. The van der Waals surface area contributed by atoms with Crippen molar-refractivity contribution in [1.82, 2.24) is 0 Å². The number of aryl methyl sites for hydroxylation is 1. The first-order valence-corrected chi connectivity index (χ1v) is 6.79. The van der Waals surface area contributed by atoms with Crippen molar-refractivity contribution in [3.05, 3.63) is 45.6 Å². The number of hydrogen-bond acceptors (Lipinski definition) is 3. The lowest BCUT2D eigenvalue weighted by molar-refractivity contribution is 0.0993. The lowest BCUT2D eigenvalue weighted by Crippen LogP contribution is -2.28. The van der Waals surface area contributed by atoms with Crippen molar-refractivity contribution in [2.75, 3.05) is 17.2 Å². The number of anilines is 2. The molecule has 1 aromatic heterocycles. The van der Waals surface area contributed by atoms with E-state index in [-0.39, 0.29) is 5.91 Å². The number of rotatable bonds is 1. The van der Waals surface area contributed by atoms with E-state index in [1.807, 2.05) is 41.5 Å². The highest BCUT2D eigenvalue weighted by molar-refractivity contribution is 7.12. The van der Waals surface area contributed by atoms with Crippen LogP contribution < -0.4 is 10.6 Å². The van der Waals surface area contributed by atoms with Gasteiger partial charge in [0.15, 0.2) is 0 Å². The van der Waals surface area contributed by atoms with E-state index in [1.54, 1.807) is 0 Å². The highest BCUT2D eigenvalue weighted by atomic mass is 32.1. The Morgan fingerprint density at radius 1 is 1.39 bits per heavy atom. The first kappa shape index (κ1) is 11.3. The summed E-state index contributed by atoms with van der Waals surface area (Å²) in [5.74, 6) is 0.0897. The average molecular weight is 258 g/mol. The van der Waals surface area contributed by atoms with Gasteiger partial charge in [-0.15, -0.1) is 11.3 Å². The summed E-state index contributed by atoms with van der Waals surface area (Å²) < 4.78 is 0. The lowest BCUT2D eigenvalue weighted by atomic mass is 10.1. The SMILES string of the molecule is Cc1ccsc1C(=O)N1CCc2ccc(N)cc21. The molecule has 0 unspecified atom stereocenters. The minimum Gasteiger partial charge on any atom is -0.399 e. The van der Waals surface area contributed by atoms with Gasteiger partial charge in [-0.25, -0.2) is 0 Å². The van der Waals surface area contributed by atoms with E-state index < -0.39 is 0 Å². The van der Waals surface area contributed by atoms with Crippen LogP contribution >= 0.6 is 11.3 Å². The van der Waals surface area contributed by atoms with Gasteiger partial charge in [-0.2, -0.15) is 0 Å². The summed E-state index contributed by atoms with van der Waals surface area (Å²) in [5, 5.41) is 1.96. The molecule has 3 rings (SSSR count). The molecule has 1 aromatic carbocycles. The maximum atomic E-state index is 12.5. The van der Waals surface area contributed by atoms with Crippen LogP contribution in [0.15, 0.2) is 29.6 Å².